The number of nitrogens with one attached hydrogen (secondary N) is 1. The van der Waals surface area contributed by atoms with E-state index < -0.39 is 24.0 Å². The van der Waals surface area contributed by atoms with Crippen molar-refractivity contribution in [3.63, 3.8) is 0 Å². The van der Waals surface area contributed by atoms with Crippen LogP contribution in [0.1, 0.15) is 19.4 Å². The van der Waals surface area contributed by atoms with E-state index >= 15 is 0 Å². The number of urea groups is 1. The van der Waals surface area contributed by atoms with E-state index in [1.54, 1.807) is 18.2 Å². The van der Waals surface area contributed by atoms with Gasteiger partial charge in [0.15, 0.2) is 6.10 Å². The van der Waals surface area contributed by atoms with E-state index in [1.165, 1.54) is 19.1 Å². The topological polar surface area (TPSA) is 108 Å². The molecule has 0 bridgehead atoms. The molecule has 0 aliphatic carbocycles. The molecule has 0 saturated carbocycles. The Bertz CT molecular complexity index is 583. The molecule has 3 N–H and O–H groups in total. The molecule has 0 unspecified atom stereocenters. The summed E-state index contributed by atoms with van der Waals surface area (Å²) in [6.07, 6.45) is 1.56. The number of rotatable bonds is 6. The van der Waals surface area contributed by atoms with Crippen LogP contribution in [0.4, 0.5) is 4.79 Å². The van der Waals surface area contributed by atoms with Crippen LogP contribution in [0.3, 0.4) is 0 Å². The van der Waals surface area contributed by atoms with Gasteiger partial charge in [0.1, 0.15) is 5.75 Å². The first-order chi connectivity index (χ1) is 10.4. The maximum atomic E-state index is 11.6. The van der Waals surface area contributed by atoms with E-state index in [4.69, 9.17) is 15.2 Å². The van der Waals surface area contributed by atoms with Crippen molar-refractivity contribution >= 4 is 24.0 Å². The fraction of sp³-hybridized carbons (Fsp3) is 0.267. The zero-order valence-corrected chi connectivity index (χ0v) is 12.4. The summed E-state index contributed by atoms with van der Waals surface area (Å²) in [5, 5.41) is 1.83. The van der Waals surface area contributed by atoms with Gasteiger partial charge in [-0.3, -0.25) is 10.1 Å². The van der Waals surface area contributed by atoms with Gasteiger partial charge in [-0.2, -0.15) is 0 Å². The predicted molar refractivity (Wildman–Crippen MR) is 79.9 cm³/mol. The zero-order chi connectivity index (χ0) is 16.5. The average Bonchev–Trinajstić information content (AvgIpc) is 2.46. The van der Waals surface area contributed by atoms with Crippen molar-refractivity contribution in [2.45, 2.75) is 20.0 Å². The van der Waals surface area contributed by atoms with Crippen molar-refractivity contribution in [2.75, 3.05) is 6.61 Å². The van der Waals surface area contributed by atoms with Gasteiger partial charge in [-0.1, -0.05) is 18.2 Å². The number of primary amides is 1. The van der Waals surface area contributed by atoms with E-state index in [-0.39, 0.29) is 0 Å². The molecule has 0 aliphatic rings. The van der Waals surface area contributed by atoms with Gasteiger partial charge in [0.05, 0.1) is 6.61 Å². The molecule has 3 amide bonds. The van der Waals surface area contributed by atoms with Crippen LogP contribution < -0.4 is 15.8 Å². The number of amides is 3. The molecule has 0 aliphatic heterocycles. The van der Waals surface area contributed by atoms with Crippen LogP contribution in [-0.4, -0.2) is 30.6 Å². The summed E-state index contributed by atoms with van der Waals surface area (Å²) in [7, 11) is 0. The summed E-state index contributed by atoms with van der Waals surface area (Å²) in [4.78, 5) is 33.5. The lowest BCUT2D eigenvalue weighted by molar-refractivity contribution is -0.149. The molecule has 1 rings (SSSR count). The molecule has 0 spiro atoms. The van der Waals surface area contributed by atoms with Crippen LogP contribution in [0.5, 0.6) is 5.75 Å². The van der Waals surface area contributed by atoms with E-state index in [2.05, 4.69) is 0 Å². The Labute approximate surface area is 128 Å². The van der Waals surface area contributed by atoms with Gasteiger partial charge in [-0.25, -0.2) is 9.59 Å². The molecule has 1 atom stereocenters. The lowest BCUT2D eigenvalue weighted by Gasteiger charge is -2.10. The molecule has 0 fully saturated rings. The number of hydrogen-bond acceptors (Lipinski definition) is 5. The summed E-state index contributed by atoms with van der Waals surface area (Å²) >= 11 is 0. The molecular formula is C15H18N2O5. The van der Waals surface area contributed by atoms with E-state index in [1.807, 2.05) is 18.3 Å². The highest BCUT2D eigenvalue weighted by Crippen LogP contribution is 2.19. The Hall–Kier alpha value is -2.83. The third-order valence-corrected chi connectivity index (χ3v) is 2.53. The fourth-order valence-corrected chi connectivity index (χ4v) is 1.55. The summed E-state index contributed by atoms with van der Waals surface area (Å²) in [5.41, 5.74) is 5.51. The molecule has 0 saturated heterocycles. The third-order valence-electron chi connectivity index (χ3n) is 2.53. The number of nitrogens with two attached hydrogens (primary N) is 1. The Morgan fingerprint density at radius 3 is 2.64 bits per heavy atom. The number of ether oxygens (including phenoxy) is 2. The first kappa shape index (κ1) is 17.2. The Kier molecular flexibility index (Phi) is 6.62. The maximum absolute atomic E-state index is 11.6. The maximum Gasteiger partial charge on any atom is 0.331 e. The molecule has 1 aromatic rings. The number of imide groups is 1. The van der Waals surface area contributed by atoms with Crippen LogP contribution in [0.15, 0.2) is 30.3 Å². The highest BCUT2D eigenvalue weighted by atomic mass is 16.5. The number of esters is 1. The summed E-state index contributed by atoms with van der Waals surface area (Å²) in [5.74, 6) is -0.879. The third kappa shape index (κ3) is 5.66. The van der Waals surface area contributed by atoms with Gasteiger partial charge < -0.3 is 15.2 Å². The Balaban J connectivity index is 2.65. The second-order valence-corrected chi connectivity index (χ2v) is 4.24. The molecular weight excluding hydrogens is 288 g/mol. The Morgan fingerprint density at radius 2 is 2.00 bits per heavy atom. The van der Waals surface area contributed by atoms with Gasteiger partial charge >= 0.3 is 12.0 Å². The van der Waals surface area contributed by atoms with Gasteiger partial charge in [0.2, 0.25) is 0 Å². The molecule has 7 nitrogen and oxygen atoms in total. The minimum Gasteiger partial charge on any atom is -0.493 e. The molecule has 0 radical (unpaired) electrons. The highest BCUT2D eigenvalue weighted by Gasteiger charge is 2.17. The predicted octanol–water partition coefficient (Wildman–Crippen LogP) is 1.23. The standard InChI is InChI=1S/C15H18N2O5/c1-3-21-12-7-5-4-6-11(12)8-9-13(18)22-10(2)14(19)17-15(16)20/h4-10H,3H2,1-2H3,(H3,16,17,19,20)/b9-8+/t10-/m1/s1. The van der Waals surface area contributed by atoms with Crippen molar-refractivity contribution in [1.82, 2.24) is 5.32 Å². The normalized spacial score (nSPS) is 11.7. The number of hydrogen-bond donors (Lipinski definition) is 2. The van der Waals surface area contributed by atoms with Crippen LogP contribution >= 0.6 is 0 Å². The minimum absolute atomic E-state index is 0.500. The molecule has 1 aromatic carbocycles. The number of carbonyl (C=O) groups excluding carboxylic acids is 3. The highest BCUT2D eigenvalue weighted by molar-refractivity contribution is 5.97. The zero-order valence-electron chi connectivity index (χ0n) is 12.4. The molecule has 0 aromatic heterocycles. The number of carbonyl (C=O) groups is 3. The van der Waals surface area contributed by atoms with Gasteiger partial charge in [0, 0.05) is 11.6 Å². The summed E-state index contributed by atoms with van der Waals surface area (Å²) < 4.78 is 10.3. The van der Waals surface area contributed by atoms with E-state index in [9.17, 15) is 14.4 Å². The second-order valence-electron chi connectivity index (χ2n) is 4.24. The van der Waals surface area contributed by atoms with Gasteiger partial charge in [-0.15, -0.1) is 0 Å². The second kappa shape index (κ2) is 8.46. The van der Waals surface area contributed by atoms with Crippen LogP contribution in [0.2, 0.25) is 0 Å². The van der Waals surface area contributed by atoms with Gasteiger partial charge in [-0.05, 0) is 26.0 Å². The van der Waals surface area contributed by atoms with E-state index in [0.717, 1.165) is 0 Å². The van der Waals surface area contributed by atoms with Crippen LogP contribution in [0, 0.1) is 0 Å². The van der Waals surface area contributed by atoms with Crippen molar-refractivity contribution in [2.24, 2.45) is 5.73 Å². The summed E-state index contributed by atoms with van der Waals surface area (Å²) in [6, 6.07) is 6.16. The monoisotopic (exact) mass is 306 g/mol. The minimum atomic E-state index is -1.13. The van der Waals surface area contributed by atoms with E-state index in [0.29, 0.717) is 17.9 Å². The fourth-order valence-electron chi connectivity index (χ4n) is 1.55. The first-order valence-corrected chi connectivity index (χ1v) is 6.64. The molecule has 22 heavy (non-hydrogen) atoms. The molecule has 7 heteroatoms. The Morgan fingerprint density at radius 1 is 1.32 bits per heavy atom. The summed E-state index contributed by atoms with van der Waals surface area (Å²) in [6.45, 7) is 3.69. The van der Waals surface area contributed by atoms with Crippen molar-refractivity contribution in [3.05, 3.63) is 35.9 Å². The quantitative estimate of drug-likeness (QED) is 0.607. The van der Waals surface area contributed by atoms with Crippen LogP contribution in [0.25, 0.3) is 6.08 Å². The van der Waals surface area contributed by atoms with Crippen LogP contribution in [-0.2, 0) is 14.3 Å². The first-order valence-electron chi connectivity index (χ1n) is 6.64. The largest absolute Gasteiger partial charge is 0.493 e. The lowest BCUT2D eigenvalue weighted by atomic mass is 10.2. The van der Waals surface area contributed by atoms with Crippen molar-refractivity contribution in [1.29, 1.82) is 0 Å². The lowest BCUT2D eigenvalue weighted by Crippen LogP contribution is -2.42. The van der Waals surface area contributed by atoms with Crippen molar-refractivity contribution < 1.29 is 23.9 Å². The molecule has 118 valence electrons. The van der Waals surface area contributed by atoms with Crippen molar-refractivity contribution in [3.8, 4) is 5.75 Å². The number of benzene rings is 1. The smallest absolute Gasteiger partial charge is 0.331 e. The van der Waals surface area contributed by atoms with Gasteiger partial charge in [0.25, 0.3) is 5.91 Å². The molecule has 0 heterocycles. The number of para-hydroxylation sites is 1. The SMILES string of the molecule is CCOc1ccccc1/C=C/C(=O)O[C@H](C)C(=O)NC(N)=O. The average molecular weight is 306 g/mol.